The van der Waals surface area contributed by atoms with Crippen molar-refractivity contribution in [3.8, 4) is 0 Å². The molecule has 6 nitrogen and oxygen atoms in total. The molecule has 32 heavy (non-hydrogen) atoms. The van der Waals surface area contributed by atoms with Gasteiger partial charge in [-0.1, -0.05) is 66.7 Å². The van der Waals surface area contributed by atoms with Crippen molar-refractivity contribution in [2.24, 2.45) is 5.92 Å². The smallest absolute Gasteiger partial charge is 0.325 e. The number of allylic oxidation sites excluding steroid dienone is 1. The number of Topliss-reactive ketones (excluding diaryl/α,β-unsaturated/α-hetero) is 1. The summed E-state index contributed by atoms with van der Waals surface area (Å²) in [5.41, 5.74) is 3.71. The van der Waals surface area contributed by atoms with Gasteiger partial charge in [-0.05, 0) is 23.3 Å². The number of rotatable bonds is 2. The third kappa shape index (κ3) is 2.43. The first-order chi connectivity index (χ1) is 15.6. The minimum absolute atomic E-state index is 0.0627. The first-order valence-corrected chi connectivity index (χ1v) is 10.8. The fourth-order valence-corrected chi connectivity index (χ4v) is 5.52. The molecule has 6 heteroatoms. The number of hydrogen-bond donors (Lipinski definition) is 2. The minimum Gasteiger partial charge on any atom is -0.364 e. The quantitative estimate of drug-likeness (QED) is 0.660. The second-order valence-electron chi connectivity index (χ2n) is 8.40. The van der Waals surface area contributed by atoms with Gasteiger partial charge in [0.05, 0.1) is 11.6 Å². The van der Waals surface area contributed by atoms with Crippen molar-refractivity contribution in [2.75, 3.05) is 6.54 Å². The van der Waals surface area contributed by atoms with Crippen molar-refractivity contribution >= 4 is 34.2 Å². The van der Waals surface area contributed by atoms with Crippen molar-refractivity contribution in [1.82, 2.24) is 15.5 Å². The lowest BCUT2D eigenvalue weighted by Crippen LogP contribution is -2.67. The first-order valence-electron chi connectivity index (χ1n) is 10.8. The Morgan fingerprint density at radius 2 is 1.59 bits per heavy atom. The third-order valence-electron chi connectivity index (χ3n) is 6.89. The average Bonchev–Trinajstić information content (AvgIpc) is 3.10. The van der Waals surface area contributed by atoms with E-state index in [1.54, 1.807) is 4.90 Å². The lowest BCUT2D eigenvalue weighted by Gasteiger charge is -2.47. The van der Waals surface area contributed by atoms with E-state index in [1.165, 1.54) is 0 Å². The largest absolute Gasteiger partial charge is 0.364 e. The molecule has 0 radical (unpaired) electrons. The van der Waals surface area contributed by atoms with Gasteiger partial charge >= 0.3 is 6.03 Å². The zero-order valence-corrected chi connectivity index (χ0v) is 17.5. The van der Waals surface area contributed by atoms with Gasteiger partial charge in [-0.2, -0.15) is 0 Å². The summed E-state index contributed by atoms with van der Waals surface area (Å²) < 4.78 is 0. The number of carbonyl (C=O) groups is 3. The van der Waals surface area contributed by atoms with Gasteiger partial charge in [0.25, 0.3) is 0 Å². The SMILES string of the molecule is CCN1C(=O)NC(=O)C2C(c3cccc4ccccc34)C3=C(NC21)c1ccccc1C3=O. The van der Waals surface area contributed by atoms with Gasteiger partial charge in [-0.3, -0.25) is 14.9 Å². The van der Waals surface area contributed by atoms with Gasteiger partial charge in [-0.15, -0.1) is 0 Å². The summed E-state index contributed by atoms with van der Waals surface area (Å²) >= 11 is 0. The normalized spacial score (nSPS) is 24.1. The zero-order valence-electron chi connectivity index (χ0n) is 17.5. The van der Waals surface area contributed by atoms with Crippen molar-refractivity contribution in [3.63, 3.8) is 0 Å². The molecule has 1 aliphatic carbocycles. The number of benzene rings is 3. The molecule has 3 unspecified atom stereocenters. The second kappa shape index (κ2) is 6.79. The van der Waals surface area contributed by atoms with Crippen molar-refractivity contribution in [2.45, 2.75) is 19.0 Å². The molecule has 2 N–H and O–H groups in total. The van der Waals surface area contributed by atoms with E-state index in [0.717, 1.165) is 27.6 Å². The Balaban J connectivity index is 1.65. The molecule has 0 bridgehead atoms. The van der Waals surface area contributed by atoms with Crippen LogP contribution in [0.25, 0.3) is 16.5 Å². The summed E-state index contributed by atoms with van der Waals surface area (Å²) in [6.45, 7) is 2.33. The highest BCUT2D eigenvalue weighted by atomic mass is 16.2. The lowest BCUT2D eigenvalue weighted by molar-refractivity contribution is -0.129. The molecule has 3 aromatic carbocycles. The Hall–Kier alpha value is -3.93. The van der Waals surface area contributed by atoms with E-state index in [0.29, 0.717) is 17.7 Å². The summed E-state index contributed by atoms with van der Waals surface area (Å²) in [4.78, 5) is 41.2. The number of imide groups is 1. The molecule has 3 aliphatic rings. The second-order valence-corrected chi connectivity index (χ2v) is 8.40. The van der Waals surface area contributed by atoms with Crippen LogP contribution in [-0.2, 0) is 4.79 Å². The van der Waals surface area contributed by atoms with E-state index in [1.807, 2.05) is 73.7 Å². The molecule has 0 spiro atoms. The molecule has 6 rings (SSSR count). The zero-order chi connectivity index (χ0) is 22.0. The van der Waals surface area contributed by atoms with Gasteiger partial charge in [0.15, 0.2) is 5.78 Å². The molecule has 3 amide bonds. The van der Waals surface area contributed by atoms with Gasteiger partial charge < -0.3 is 10.2 Å². The number of carbonyl (C=O) groups excluding carboxylic acids is 3. The Labute approximate surface area is 184 Å². The molecule has 158 valence electrons. The van der Waals surface area contributed by atoms with Crippen LogP contribution in [0.2, 0.25) is 0 Å². The van der Waals surface area contributed by atoms with Crippen molar-refractivity contribution in [3.05, 3.63) is 89.0 Å². The summed E-state index contributed by atoms with van der Waals surface area (Å²) in [5.74, 6) is -1.53. The summed E-state index contributed by atoms with van der Waals surface area (Å²) in [5, 5.41) is 7.98. The maximum atomic E-state index is 13.6. The number of fused-ring (bicyclic) bond motifs is 4. The summed E-state index contributed by atoms with van der Waals surface area (Å²) in [6, 6.07) is 21.1. The van der Waals surface area contributed by atoms with Crippen LogP contribution in [0.3, 0.4) is 0 Å². The Bertz CT molecular complexity index is 1350. The van der Waals surface area contributed by atoms with Crippen LogP contribution >= 0.6 is 0 Å². The van der Waals surface area contributed by atoms with E-state index in [9.17, 15) is 14.4 Å². The molecule has 1 fully saturated rings. The minimum atomic E-state index is -0.629. The van der Waals surface area contributed by atoms with E-state index in [2.05, 4.69) is 10.6 Å². The Kier molecular flexibility index (Phi) is 3.99. The standard InChI is InChI=1S/C26H21N3O3/c1-2-29-24-21(25(31)28-26(29)32)19(16-13-7-9-14-8-3-4-10-15(14)16)20-22(27-24)17-11-5-6-12-18(17)23(20)30/h3-13,19,21,24,27H,2H2,1H3,(H,28,31,32). The molecule has 3 aromatic rings. The molecule has 1 saturated heterocycles. The van der Waals surface area contributed by atoms with Crippen LogP contribution in [0, 0.1) is 5.92 Å². The van der Waals surface area contributed by atoms with Crippen molar-refractivity contribution in [1.29, 1.82) is 0 Å². The van der Waals surface area contributed by atoms with Crippen LogP contribution in [0.4, 0.5) is 4.79 Å². The monoisotopic (exact) mass is 423 g/mol. The van der Waals surface area contributed by atoms with E-state index < -0.39 is 24.0 Å². The number of urea groups is 1. The third-order valence-corrected chi connectivity index (χ3v) is 6.89. The predicted octanol–water partition coefficient (Wildman–Crippen LogP) is 3.65. The Morgan fingerprint density at radius 3 is 2.41 bits per heavy atom. The number of nitrogens with one attached hydrogen (secondary N) is 2. The maximum absolute atomic E-state index is 13.6. The van der Waals surface area contributed by atoms with Gasteiger partial charge in [0, 0.05) is 29.2 Å². The number of nitrogens with zero attached hydrogens (tertiary/aromatic N) is 1. The van der Waals surface area contributed by atoms with E-state index in [4.69, 9.17) is 0 Å². The highest BCUT2D eigenvalue weighted by Crippen LogP contribution is 2.49. The van der Waals surface area contributed by atoms with Gasteiger partial charge in [-0.25, -0.2) is 4.79 Å². The summed E-state index contributed by atoms with van der Waals surface area (Å²) in [6.07, 6.45) is -0.539. The van der Waals surface area contributed by atoms with Crippen molar-refractivity contribution < 1.29 is 14.4 Å². The molecule has 2 heterocycles. The molecule has 0 saturated carbocycles. The molecule has 2 aliphatic heterocycles. The molecular weight excluding hydrogens is 402 g/mol. The van der Waals surface area contributed by atoms with Crippen LogP contribution < -0.4 is 10.6 Å². The highest BCUT2D eigenvalue weighted by Gasteiger charge is 2.53. The number of hydrogen-bond acceptors (Lipinski definition) is 4. The molecule has 0 aromatic heterocycles. The predicted molar refractivity (Wildman–Crippen MR) is 121 cm³/mol. The van der Waals surface area contributed by atoms with Gasteiger partial charge in [0.1, 0.15) is 6.17 Å². The number of amides is 3. The summed E-state index contributed by atoms with van der Waals surface area (Å²) in [7, 11) is 0. The van der Waals surface area contributed by atoms with Crippen LogP contribution in [-0.4, -0.2) is 35.3 Å². The van der Waals surface area contributed by atoms with Crippen LogP contribution in [0.1, 0.15) is 34.3 Å². The number of ketones is 1. The van der Waals surface area contributed by atoms with Crippen LogP contribution in [0.15, 0.2) is 72.3 Å². The van der Waals surface area contributed by atoms with Gasteiger partial charge in [0.2, 0.25) is 5.91 Å². The maximum Gasteiger partial charge on any atom is 0.325 e. The fraction of sp³-hybridized carbons (Fsp3) is 0.192. The molecular formula is C26H21N3O3. The van der Waals surface area contributed by atoms with E-state index >= 15 is 0 Å². The topological polar surface area (TPSA) is 78.5 Å². The fourth-order valence-electron chi connectivity index (χ4n) is 5.52. The first kappa shape index (κ1) is 18.8. The molecule has 3 atom stereocenters. The van der Waals surface area contributed by atoms with E-state index in [-0.39, 0.29) is 11.7 Å². The lowest BCUT2D eigenvalue weighted by atomic mass is 9.72. The average molecular weight is 423 g/mol. The Morgan fingerprint density at radius 1 is 0.875 bits per heavy atom. The highest BCUT2D eigenvalue weighted by molar-refractivity contribution is 6.22. The van der Waals surface area contributed by atoms with Crippen LogP contribution in [0.5, 0.6) is 0 Å².